The zero-order valence-corrected chi connectivity index (χ0v) is 12.6. The van der Waals surface area contributed by atoms with Crippen LogP contribution in [0.2, 0.25) is 5.15 Å². The average Bonchev–Trinajstić information content (AvgIpc) is 2.38. The summed E-state index contributed by atoms with van der Waals surface area (Å²) in [6, 6.07) is 3.41. The van der Waals surface area contributed by atoms with Gasteiger partial charge in [0.05, 0.1) is 5.56 Å². The highest BCUT2D eigenvalue weighted by Crippen LogP contribution is 2.34. The topological polar surface area (TPSA) is 33.2 Å². The van der Waals surface area contributed by atoms with E-state index in [1.807, 2.05) is 4.90 Å². The van der Waals surface area contributed by atoms with Crippen molar-refractivity contribution in [2.45, 2.75) is 33.6 Å². The smallest absolute Gasteiger partial charge is 0.255 e. The third kappa shape index (κ3) is 3.47. The predicted octanol–water partition coefficient (Wildman–Crippen LogP) is 3.63. The molecular weight excluding hydrogens is 260 g/mol. The zero-order valence-electron chi connectivity index (χ0n) is 11.8. The van der Waals surface area contributed by atoms with Crippen molar-refractivity contribution < 1.29 is 4.79 Å². The van der Waals surface area contributed by atoms with Crippen molar-refractivity contribution in [2.24, 2.45) is 11.3 Å². The number of rotatable bonds is 1. The summed E-state index contributed by atoms with van der Waals surface area (Å²) in [5, 5.41) is 0.419. The molecule has 0 unspecified atom stereocenters. The highest BCUT2D eigenvalue weighted by Gasteiger charge is 2.30. The molecule has 4 heteroatoms. The lowest BCUT2D eigenvalue weighted by Gasteiger charge is -2.38. The summed E-state index contributed by atoms with van der Waals surface area (Å²) in [6.45, 7) is 8.50. The molecule has 0 saturated carbocycles. The van der Waals surface area contributed by atoms with E-state index < -0.39 is 0 Å². The second-order valence-electron chi connectivity index (χ2n) is 6.30. The van der Waals surface area contributed by atoms with Gasteiger partial charge < -0.3 is 4.90 Å². The lowest BCUT2D eigenvalue weighted by atomic mass is 9.75. The third-order valence-corrected chi connectivity index (χ3v) is 4.20. The van der Waals surface area contributed by atoms with Crippen molar-refractivity contribution >= 4 is 17.5 Å². The molecule has 19 heavy (non-hydrogen) atoms. The van der Waals surface area contributed by atoms with Crippen molar-refractivity contribution in [2.75, 3.05) is 13.1 Å². The molecule has 104 valence electrons. The van der Waals surface area contributed by atoms with Crippen molar-refractivity contribution in [3.63, 3.8) is 0 Å². The Morgan fingerprint density at radius 1 is 1.32 bits per heavy atom. The van der Waals surface area contributed by atoms with Crippen LogP contribution in [0.3, 0.4) is 0 Å². The van der Waals surface area contributed by atoms with Crippen LogP contribution in [0.25, 0.3) is 0 Å². The van der Waals surface area contributed by atoms with Crippen LogP contribution in [-0.4, -0.2) is 28.9 Å². The Labute approximate surface area is 120 Å². The lowest BCUT2D eigenvalue weighted by Crippen LogP contribution is -2.41. The maximum atomic E-state index is 12.3. The van der Waals surface area contributed by atoms with Crippen LogP contribution in [0.1, 0.15) is 44.0 Å². The van der Waals surface area contributed by atoms with Crippen LogP contribution in [0.4, 0.5) is 0 Å². The largest absolute Gasteiger partial charge is 0.339 e. The van der Waals surface area contributed by atoms with Gasteiger partial charge in [-0.1, -0.05) is 32.4 Å². The summed E-state index contributed by atoms with van der Waals surface area (Å²) in [5.74, 6) is 0.761. The molecule has 1 aliphatic rings. The second kappa shape index (κ2) is 5.49. The fraction of sp³-hybridized carbons (Fsp3) is 0.600. The van der Waals surface area contributed by atoms with Crippen LogP contribution < -0.4 is 0 Å². The van der Waals surface area contributed by atoms with Crippen LogP contribution >= 0.6 is 11.6 Å². The minimum atomic E-state index is 0.0662. The number of halogens is 1. The molecule has 2 rings (SSSR count). The Morgan fingerprint density at radius 3 is 2.42 bits per heavy atom. The number of piperidine rings is 1. The summed E-state index contributed by atoms with van der Waals surface area (Å²) in [5.41, 5.74) is 0.954. The van der Waals surface area contributed by atoms with Gasteiger partial charge in [-0.25, -0.2) is 4.98 Å². The number of carbonyl (C=O) groups excluding carboxylic acids is 1. The summed E-state index contributed by atoms with van der Waals surface area (Å²) in [6.07, 6.45) is 3.72. The number of aromatic nitrogens is 1. The molecule has 2 heterocycles. The van der Waals surface area contributed by atoms with E-state index >= 15 is 0 Å². The molecular formula is C15H21ClN2O. The van der Waals surface area contributed by atoms with Gasteiger partial charge in [-0.3, -0.25) is 4.79 Å². The Balaban J connectivity index is 1.98. The molecule has 0 aromatic carbocycles. The number of likely N-dealkylation sites (tertiary alicyclic amines) is 1. The number of nitrogens with zero attached hydrogens (tertiary/aromatic N) is 2. The van der Waals surface area contributed by atoms with Gasteiger partial charge >= 0.3 is 0 Å². The number of amides is 1. The molecule has 0 N–H and O–H groups in total. The van der Waals surface area contributed by atoms with Gasteiger partial charge in [0.25, 0.3) is 5.91 Å². The quantitative estimate of drug-likeness (QED) is 0.736. The molecule has 1 saturated heterocycles. The Hall–Kier alpha value is -1.09. The monoisotopic (exact) mass is 280 g/mol. The molecule has 3 nitrogen and oxygen atoms in total. The lowest BCUT2D eigenvalue weighted by molar-refractivity contribution is 0.0608. The van der Waals surface area contributed by atoms with E-state index in [0.29, 0.717) is 22.0 Å². The molecule has 1 fully saturated rings. The van der Waals surface area contributed by atoms with Crippen molar-refractivity contribution in [1.82, 2.24) is 9.88 Å². The van der Waals surface area contributed by atoms with Crippen molar-refractivity contribution in [1.29, 1.82) is 0 Å². The normalized spacial score (nSPS) is 17.6. The first-order chi connectivity index (χ1) is 8.88. The van der Waals surface area contributed by atoms with E-state index in [0.717, 1.165) is 25.9 Å². The molecule has 1 aromatic heterocycles. The van der Waals surface area contributed by atoms with Crippen LogP contribution in [0.5, 0.6) is 0 Å². The molecule has 1 aliphatic heterocycles. The first kappa shape index (κ1) is 14.3. The molecule has 1 aromatic rings. The van der Waals surface area contributed by atoms with Gasteiger partial charge in [0.2, 0.25) is 0 Å². The van der Waals surface area contributed by atoms with Gasteiger partial charge in [-0.05, 0) is 36.3 Å². The van der Waals surface area contributed by atoms with Crippen LogP contribution in [-0.2, 0) is 0 Å². The minimum Gasteiger partial charge on any atom is -0.339 e. The molecule has 0 spiro atoms. The highest BCUT2D eigenvalue weighted by atomic mass is 35.5. The first-order valence-corrected chi connectivity index (χ1v) is 7.16. The number of hydrogen-bond donors (Lipinski definition) is 0. The van der Waals surface area contributed by atoms with E-state index in [2.05, 4.69) is 25.8 Å². The van der Waals surface area contributed by atoms with Crippen molar-refractivity contribution in [3.8, 4) is 0 Å². The van der Waals surface area contributed by atoms with Gasteiger partial charge in [0.15, 0.2) is 0 Å². The van der Waals surface area contributed by atoms with E-state index in [1.54, 1.807) is 18.3 Å². The number of pyridine rings is 1. The third-order valence-electron chi connectivity index (χ3n) is 3.98. The van der Waals surface area contributed by atoms with E-state index in [1.165, 1.54) is 0 Å². The Morgan fingerprint density at radius 2 is 1.95 bits per heavy atom. The number of hydrogen-bond acceptors (Lipinski definition) is 2. The minimum absolute atomic E-state index is 0.0662. The predicted molar refractivity (Wildman–Crippen MR) is 77.3 cm³/mol. The fourth-order valence-electron chi connectivity index (χ4n) is 2.63. The maximum Gasteiger partial charge on any atom is 0.255 e. The molecule has 0 aliphatic carbocycles. The van der Waals surface area contributed by atoms with Gasteiger partial charge in [0.1, 0.15) is 5.15 Å². The standard InChI is InChI=1S/C15H21ClN2O/c1-15(2,3)12-6-8-18(9-7-12)14(19)11-4-5-13(16)17-10-11/h4-5,10,12H,6-9H2,1-3H3. The fourth-order valence-corrected chi connectivity index (χ4v) is 2.75. The van der Waals surface area contributed by atoms with Gasteiger partial charge in [-0.15, -0.1) is 0 Å². The SMILES string of the molecule is CC(C)(C)C1CCN(C(=O)c2ccc(Cl)nc2)CC1. The van der Waals surface area contributed by atoms with E-state index in [4.69, 9.17) is 11.6 Å². The van der Waals surface area contributed by atoms with Gasteiger partial charge in [-0.2, -0.15) is 0 Å². The Kier molecular flexibility index (Phi) is 4.14. The van der Waals surface area contributed by atoms with Crippen molar-refractivity contribution in [3.05, 3.63) is 29.0 Å². The summed E-state index contributed by atoms with van der Waals surface area (Å²) >= 11 is 5.74. The summed E-state index contributed by atoms with van der Waals surface area (Å²) in [4.78, 5) is 18.2. The van der Waals surface area contributed by atoms with E-state index in [9.17, 15) is 4.79 Å². The summed E-state index contributed by atoms with van der Waals surface area (Å²) in [7, 11) is 0. The number of carbonyl (C=O) groups is 1. The first-order valence-electron chi connectivity index (χ1n) is 6.79. The van der Waals surface area contributed by atoms with E-state index in [-0.39, 0.29) is 5.91 Å². The van der Waals surface area contributed by atoms with Crippen LogP contribution in [0.15, 0.2) is 18.3 Å². The zero-order chi connectivity index (χ0) is 14.0. The Bertz CT molecular complexity index is 442. The molecule has 1 amide bonds. The molecule has 0 bridgehead atoms. The maximum absolute atomic E-state index is 12.3. The molecule has 0 atom stereocenters. The molecule has 0 radical (unpaired) electrons. The van der Waals surface area contributed by atoms with Crippen LogP contribution in [0, 0.1) is 11.3 Å². The van der Waals surface area contributed by atoms with Gasteiger partial charge in [0, 0.05) is 19.3 Å². The highest BCUT2D eigenvalue weighted by molar-refractivity contribution is 6.29. The second-order valence-corrected chi connectivity index (χ2v) is 6.69. The average molecular weight is 281 g/mol. The summed E-state index contributed by atoms with van der Waals surface area (Å²) < 4.78 is 0.